The summed E-state index contributed by atoms with van der Waals surface area (Å²) < 4.78 is 0. The summed E-state index contributed by atoms with van der Waals surface area (Å²) in [6.07, 6.45) is 0. The Morgan fingerprint density at radius 1 is 1.05 bits per heavy atom. The molecule has 4 nitrogen and oxygen atoms in total. The van der Waals surface area contributed by atoms with Crippen LogP contribution in [0.2, 0.25) is 0 Å². The quantitative estimate of drug-likeness (QED) is 0.775. The molecule has 3 rings (SSSR count). The third-order valence-electron chi connectivity index (χ3n) is 3.01. The van der Waals surface area contributed by atoms with Crippen molar-refractivity contribution in [2.75, 3.05) is 11.1 Å². The molecular weight excluding hydrogens is 282 g/mol. The highest BCUT2D eigenvalue weighted by atomic mass is 32.1. The number of para-hydroxylation sites is 1. The monoisotopic (exact) mass is 295 g/mol. The number of benzene rings is 2. The van der Waals surface area contributed by atoms with Gasteiger partial charge in [-0.2, -0.15) is 0 Å². The molecule has 1 aromatic heterocycles. The smallest absolute Gasteiger partial charge is 0.275 e. The second kappa shape index (κ2) is 5.76. The van der Waals surface area contributed by atoms with Crippen molar-refractivity contribution < 1.29 is 4.79 Å². The van der Waals surface area contributed by atoms with Crippen LogP contribution < -0.4 is 11.1 Å². The number of anilines is 2. The van der Waals surface area contributed by atoms with E-state index in [0.29, 0.717) is 10.8 Å². The summed E-state index contributed by atoms with van der Waals surface area (Å²) in [6, 6.07) is 17.6. The Bertz CT molecular complexity index is 768. The van der Waals surface area contributed by atoms with Crippen LogP contribution >= 0.6 is 11.3 Å². The van der Waals surface area contributed by atoms with Gasteiger partial charge >= 0.3 is 0 Å². The molecule has 0 spiro atoms. The molecule has 0 aliphatic carbocycles. The molecule has 0 unspecified atom stereocenters. The molecule has 0 radical (unpaired) electrons. The predicted molar refractivity (Wildman–Crippen MR) is 86.4 cm³/mol. The molecule has 0 saturated heterocycles. The molecule has 104 valence electrons. The first-order valence-corrected chi connectivity index (χ1v) is 7.29. The normalized spacial score (nSPS) is 10.3. The van der Waals surface area contributed by atoms with Gasteiger partial charge in [0.15, 0.2) is 5.13 Å². The maximum absolute atomic E-state index is 12.2. The van der Waals surface area contributed by atoms with Crippen LogP contribution in [0.1, 0.15) is 10.5 Å². The number of hydrogen-bond acceptors (Lipinski definition) is 4. The molecule has 1 amide bonds. The van der Waals surface area contributed by atoms with E-state index in [1.165, 1.54) is 11.3 Å². The Hall–Kier alpha value is -2.66. The van der Waals surface area contributed by atoms with E-state index in [-0.39, 0.29) is 5.91 Å². The number of amides is 1. The summed E-state index contributed by atoms with van der Waals surface area (Å²) in [7, 11) is 0. The molecule has 5 heteroatoms. The van der Waals surface area contributed by atoms with Crippen molar-refractivity contribution in [1.82, 2.24) is 4.98 Å². The lowest BCUT2D eigenvalue weighted by Gasteiger charge is -2.10. The molecule has 0 fully saturated rings. The average molecular weight is 295 g/mol. The van der Waals surface area contributed by atoms with Gasteiger partial charge in [0.05, 0.1) is 0 Å². The molecule has 0 saturated carbocycles. The largest absolute Gasteiger partial charge is 0.375 e. The lowest BCUT2D eigenvalue weighted by atomic mass is 10.0. The van der Waals surface area contributed by atoms with Crippen LogP contribution in [0.25, 0.3) is 11.1 Å². The second-order valence-corrected chi connectivity index (χ2v) is 5.33. The summed E-state index contributed by atoms with van der Waals surface area (Å²) in [5, 5.41) is 4.92. The van der Waals surface area contributed by atoms with Crippen molar-refractivity contribution in [3.63, 3.8) is 0 Å². The fraction of sp³-hybridized carbons (Fsp3) is 0. The molecule has 3 aromatic rings. The van der Waals surface area contributed by atoms with Crippen LogP contribution in [0.4, 0.5) is 10.8 Å². The number of carbonyl (C=O) groups is 1. The molecular formula is C16H13N3OS. The number of nitrogen functional groups attached to an aromatic ring is 1. The number of nitrogens with one attached hydrogen (secondary N) is 1. The molecule has 2 aromatic carbocycles. The maximum atomic E-state index is 12.2. The van der Waals surface area contributed by atoms with Crippen molar-refractivity contribution in [3.05, 3.63) is 65.7 Å². The van der Waals surface area contributed by atoms with Gasteiger partial charge in [-0.3, -0.25) is 4.79 Å². The number of aromatic nitrogens is 1. The summed E-state index contributed by atoms with van der Waals surface area (Å²) in [4.78, 5) is 16.2. The van der Waals surface area contributed by atoms with E-state index in [2.05, 4.69) is 10.3 Å². The van der Waals surface area contributed by atoms with Gasteiger partial charge in [-0.15, -0.1) is 11.3 Å². The van der Waals surface area contributed by atoms with Gasteiger partial charge in [0.2, 0.25) is 0 Å². The standard InChI is InChI=1S/C16H13N3OS/c17-16-19-14(10-21-16)15(20)18-13-9-5-4-8-12(13)11-6-2-1-3-7-11/h1-10H,(H2,17,19)(H,18,20). The molecule has 0 bridgehead atoms. The van der Waals surface area contributed by atoms with Crippen molar-refractivity contribution in [1.29, 1.82) is 0 Å². The van der Waals surface area contributed by atoms with Crippen molar-refractivity contribution in [2.24, 2.45) is 0 Å². The van der Waals surface area contributed by atoms with Crippen molar-refractivity contribution in [3.8, 4) is 11.1 Å². The number of rotatable bonds is 3. The molecule has 21 heavy (non-hydrogen) atoms. The van der Waals surface area contributed by atoms with Crippen LogP contribution in [0.3, 0.4) is 0 Å². The third-order valence-corrected chi connectivity index (χ3v) is 3.69. The van der Waals surface area contributed by atoms with E-state index in [0.717, 1.165) is 16.8 Å². The fourth-order valence-electron chi connectivity index (χ4n) is 2.04. The van der Waals surface area contributed by atoms with Gasteiger partial charge in [0.25, 0.3) is 5.91 Å². The van der Waals surface area contributed by atoms with E-state index in [9.17, 15) is 4.79 Å². The van der Waals surface area contributed by atoms with Crippen LogP contribution in [0.5, 0.6) is 0 Å². The van der Waals surface area contributed by atoms with Gasteiger partial charge in [0, 0.05) is 16.6 Å². The third kappa shape index (κ3) is 2.93. The number of nitrogens with two attached hydrogens (primary N) is 1. The van der Waals surface area contributed by atoms with Crippen LogP contribution in [0, 0.1) is 0 Å². The Kier molecular flexibility index (Phi) is 3.66. The first kappa shape index (κ1) is 13.3. The van der Waals surface area contributed by atoms with Gasteiger partial charge in [-0.05, 0) is 11.6 Å². The lowest BCUT2D eigenvalue weighted by molar-refractivity contribution is 0.102. The molecule has 0 aliphatic heterocycles. The second-order valence-electron chi connectivity index (χ2n) is 4.44. The highest BCUT2D eigenvalue weighted by Gasteiger charge is 2.12. The van der Waals surface area contributed by atoms with Gasteiger partial charge in [0.1, 0.15) is 5.69 Å². The number of hydrogen-bond donors (Lipinski definition) is 2. The van der Waals surface area contributed by atoms with Crippen molar-refractivity contribution in [2.45, 2.75) is 0 Å². The minimum absolute atomic E-state index is 0.258. The molecule has 1 heterocycles. The maximum Gasteiger partial charge on any atom is 0.275 e. The Morgan fingerprint density at radius 2 is 1.76 bits per heavy atom. The Labute approximate surface area is 126 Å². The summed E-state index contributed by atoms with van der Waals surface area (Å²) in [6.45, 7) is 0. The fourth-order valence-corrected chi connectivity index (χ4v) is 2.58. The zero-order chi connectivity index (χ0) is 14.7. The number of nitrogens with zero attached hydrogens (tertiary/aromatic N) is 1. The summed E-state index contributed by atoms with van der Waals surface area (Å²) in [5.74, 6) is -0.258. The minimum Gasteiger partial charge on any atom is -0.375 e. The zero-order valence-corrected chi connectivity index (χ0v) is 11.9. The Morgan fingerprint density at radius 3 is 2.48 bits per heavy atom. The van der Waals surface area contributed by atoms with E-state index in [1.807, 2.05) is 54.6 Å². The van der Waals surface area contributed by atoms with Crippen LogP contribution in [-0.4, -0.2) is 10.9 Å². The van der Waals surface area contributed by atoms with Crippen molar-refractivity contribution >= 4 is 28.1 Å². The molecule has 0 aliphatic rings. The Balaban J connectivity index is 1.91. The first-order chi connectivity index (χ1) is 10.2. The number of thiazole rings is 1. The van der Waals surface area contributed by atoms with Gasteiger partial charge in [-0.1, -0.05) is 48.5 Å². The average Bonchev–Trinajstić information content (AvgIpc) is 2.95. The molecule has 3 N–H and O–H groups in total. The van der Waals surface area contributed by atoms with E-state index in [4.69, 9.17) is 5.73 Å². The van der Waals surface area contributed by atoms with E-state index >= 15 is 0 Å². The predicted octanol–water partition coefficient (Wildman–Crippen LogP) is 3.64. The zero-order valence-electron chi connectivity index (χ0n) is 11.1. The first-order valence-electron chi connectivity index (χ1n) is 6.41. The van der Waals surface area contributed by atoms with Gasteiger partial charge in [-0.25, -0.2) is 4.98 Å². The summed E-state index contributed by atoms with van der Waals surface area (Å²) in [5.41, 5.74) is 8.66. The SMILES string of the molecule is Nc1nc(C(=O)Nc2ccccc2-c2ccccc2)cs1. The highest BCUT2D eigenvalue weighted by molar-refractivity contribution is 7.13. The van der Waals surface area contributed by atoms with E-state index in [1.54, 1.807) is 5.38 Å². The van der Waals surface area contributed by atoms with Crippen LogP contribution in [0.15, 0.2) is 60.0 Å². The van der Waals surface area contributed by atoms with Gasteiger partial charge < -0.3 is 11.1 Å². The highest BCUT2D eigenvalue weighted by Crippen LogP contribution is 2.28. The number of carbonyl (C=O) groups excluding carboxylic acids is 1. The summed E-state index contributed by atoms with van der Waals surface area (Å²) >= 11 is 1.25. The van der Waals surface area contributed by atoms with Crippen LogP contribution in [-0.2, 0) is 0 Å². The lowest BCUT2D eigenvalue weighted by Crippen LogP contribution is -2.13. The van der Waals surface area contributed by atoms with E-state index < -0.39 is 0 Å². The molecule has 0 atom stereocenters. The minimum atomic E-state index is -0.258. The topological polar surface area (TPSA) is 68.0 Å².